The molecule has 0 aliphatic rings. The van der Waals surface area contributed by atoms with Crippen molar-refractivity contribution in [3.63, 3.8) is 0 Å². The van der Waals surface area contributed by atoms with Crippen LogP contribution in [0.3, 0.4) is 0 Å². The minimum Gasteiger partial charge on any atom is -0.507 e. The first kappa shape index (κ1) is 19.0. The van der Waals surface area contributed by atoms with Crippen LogP contribution in [0.25, 0.3) is 23.5 Å². The first-order chi connectivity index (χ1) is 13.5. The van der Waals surface area contributed by atoms with E-state index in [-0.39, 0.29) is 17.5 Å². The van der Waals surface area contributed by atoms with E-state index in [1.807, 2.05) is 0 Å². The van der Waals surface area contributed by atoms with E-state index >= 15 is 0 Å². The summed E-state index contributed by atoms with van der Waals surface area (Å²) in [6, 6.07) is 10.4. The molecule has 8 nitrogen and oxygen atoms in total. The Hall–Kier alpha value is -3.81. The van der Waals surface area contributed by atoms with E-state index in [0.717, 1.165) is 5.56 Å². The van der Waals surface area contributed by atoms with E-state index in [1.165, 1.54) is 0 Å². The number of benzene rings is 2. The van der Waals surface area contributed by atoms with Gasteiger partial charge in [-0.3, -0.25) is 0 Å². The number of aromatic hydroxyl groups is 1. The Morgan fingerprint density at radius 3 is 2.18 bits per heavy atom. The number of hydrogen-bond donors (Lipinski definition) is 2. The number of phenolic OH excluding ortho intramolecular Hbond substituents is 1. The Bertz CT molecular complexity index is 996. The SMILES string of the molecule is COc1cc(/C=C/c2nc(N)nc(-c3ccccc3O)n2)cc(OC)c1OC. The van der Waals surface area contributed by atoms with Crippen LogP contribution in [0.4, 0.5) is 5.95 Å². The van der Waals surface area contributed by atoms with Crippen molar-refractivity contribution in [3.8, 4) is 34.4 Å². The third-order valence-corrected chi connectivity index (χ3v) is 3.93. The monoisotopic (exact) mass is 380 g/mol. The molecular weight excluding hydrogens is 360 g/mol. The molecule has 0 saturated heterocycles. The Balaban J connectivity index is 1.98. The second kappa shape index (κ2) is 8.26. The molecule has 3 rings (SSSR count). The molecule has 0 spiro atoms. The molecule has 0 fully saturated rings. The van der Waals surface area contributed by atoms with Gasteiger partial charge in [-0.25, -0.2) is 4.98 Å². The third kappa shape index (κ3) is 3.96. The summed E-state index contributed by atoms with van der Waals surface area (Å²) in [6.45, 7) is 0. The van der Waals surface area contributed by atoms with Crippen LogP contribution in [0.2, 0.25) is 0 Å². The number of anilines is 1. The molecule has 0 saturated carbocycles. The smallest absolute Gasteiger partial charge is 0.224 e. The van der Waals surface area contributed by atoms with Crippen LogP contribution in [-0.2, 0) is 0 Å². The molecule has 0 aliphatic carbocycles. The first-order valence-electron chi connectivity index (χ1n) is 8.33. The molecule has 2 aromatic carbocycles. The molecule has 1 heterocycles. The topological polar surface area (TPSA) is 113 Å². The maximum absolute atomic E-state index is 10.0. The predicted molar refractivity (Wildman–Crippen MR) is 106 cm³/mol. The Morgan fingerprint density at radius 2 is 1.57 bits per heavy atom. The fourth-order valence-electron chi connectivity index (χ4n) is 2.64. The number of rotatable bonds is 6. The van der Waals surface area contributed by atoms with E-state index in [0.29, 0.717) is 28.6 Å². The summed E-state index contributed by atoms with van der Waals surface area (Å²) < 4.78 is 16.0. The van der Waals surface area contributed by atoms with Crippen molar-refractivity contribution in [2.45, 2.75) is 0 Å². The summed E-state index contributed by atoms with van der Waals surface area (Å²) in [5.41, 5.74) is 7.07. The molecule has 144 valence electrons. The van der Waals surface area contributed by atoms with Gasteiger partial charge >= 0.3 is 0 Å². The lowest BCUT2D eigenvalue weighted by Gasteiger charge is -2.12. The quantitative estimate of drug-likeness (QED) is 0.671. The molecule has 3 aromatic rings. The predicted octanol–water partition coefficient (Wildman–Crippen LogP) is 3.02. The lowest BCUT2D eigenvalue weighted by Crippen LogP contribution is -2.02. The molecule has 3 N–H and O–H groups in total. The number of nitrogen functional groups attached to an aromatic ring is 1. The van der Waals surface area contributed by atoms with Gasteiger partial charge in [0.2, 0.25) is 11.7 Å². The molecule has 0 unspecified atom stereocenters. The van der Waals surface area contributed by atoms with E-state index < -0.39 is 0 Å². The number of methoxy groups -OCH3 is 3. The summed E-state index contributed by atoms with van der Waals surface area (Å²) >= 11 is 0. The minimum atomic E-state index is 0.0535. The molecule has 0 bridgehead atoms. The molecule has 8 heteroatoms. The van der Waals surface area contributed by atoms with E-state index in [1.54, 1.807) is 69.9 Å². The van der Waals surface area contributed by atoms with Gasteiger partial charge in [0.25, 0.3) is 0 Å². The molecule has 0 aliphatic heterocycles. The number of ether oxygens (including phenoxy) is 3. The minimum absolute atomic E-state index is 0.0535. The molecule has 0 atom stereocenters. The largest absolute Gasteiger partial charge is 0.507 e. The highest BCUT2D eigenvalue weighted by atomic mass is 16.5. The highest BCUT2D eigenvalue weighted by Gasteiger charge is 2.13. The van der Waals surface area contributed by atoms with Crippen LogP contribution in [0.5, 0.6) is 23.0 Å². The molecule has 0 amide bonds. The normalized spacial score (nSPS) is 10.8. The number of aromatic nitrogens is 3. The molecular formula is C20H20N4O4. The van der Waals surface area contributed by atoms with Crippen LogP contribution >= 0.6 is 0 Å². The third-order valence-electron chi connectivity index (χ3n) is 3.93. The number of nitrogens with two attached hydrogens (primary N) is 1. The van der Waals surface area contributed by atoms with Crippen LogP contribution in [-0.4, -0.2) is 41.4 Å². The van der Waals surface area contributed by atoms with Crippen molar-refractivity contribution in [3.05, 3.63) is 47.8 Å². The Kier molecular flexibility index (Phi) is 5.59. The van der Waals surface area contributed by atoms with Crippen molar-refractivity contribution in [2.24, 2.45) is 0 Å². The van der Waals surface area contributed by atoms with E-state index in [4.69, 9.17) is 19.9 Å². The van der Waals surface area contributed by atoms with Gasteiger partial charge in [-0.15, -0.1) is 0 Å². The number of hydrogen-bond acceptors (Lipinski definition) is 8. The zero-order valence-corrected chi connectivity index (χ0v) is 15.7. The Morgan fingerprint density at radius 1 is 0.893 bits per heavy atom. The average molecular weight is 380 g/mol. The summed E-state index contributed by atoms with van der Waals surface area (Å²) in [5, 5.41) is 10.0. The lowest BCUT2D eigenvalue weighted by molar-refractivity contribution is 0.324. The van der Waals surface area contributed by atoms with Gasteiger partial charge in [-0.1, -0.05) is 18.2 Å². The van der Waals surface area contributed by atoms with Crippen molar-refractivity contribution in [2.75, 3.05) is 27.1 Å². The number of para-hydroxylation sites is 1. The standard InChI is InChI=1S/C20H20N4O4/c1-26-15-10-12(11-16(27-2)18(15)28-3)8-9-17-22-19(24-20(21)23-17)13-6-4-5-7-14(13)25/h4-11,25H,1-3H3,(H2,21,22,23,24)/b9-8+. The highest BCUT2D eigenvalue weighted by Crippen LogP contribution is 2.38. The first-order valence-corrected chi connectivity index (χ1v) is 8.33. The van der Waals surface area contributed by atoms with Crippen molar-refractivity contribution < 1.29 is 19.3 Å². The number of phenols is 1. The van der Waals surface area contributed by atoms with Crippen molar-refractivity contribution in [1.29, 1.82) is 0 Å². The van der Waals surface area contributed by atoms with Crippen LogP contribution in [0.1, 0.15) is 11.4 Å². The number of nitrogens with zero attached hydrogens (tertiary/aromatic N) is 3. The van der Waals surface area contributed by atoms with Crippen molar-refractivity contribution in [1.82, 2.24) is 15.0 Å². The highest BCUT2D eigenvalue weighted by molar-refractivity contribution is 5.72. The molecule has 1 aromatic heterocycles. The maximum atomic E-state index is 10.0. The average Bonchev–Trinajstić information content (AvgIpc) is 2.71. The zero-order valence-electron chi connectivity index (χ0n) is 15.7. The molecule has 28 heavy (non-hydrogen) atoms. The van der Waals surface area contributed by atoms with E-state index in [9.17, 15) is 5.11 Å². The summed E-state index contributed by atoms with van der Waals surface area (Å²) in [6.07, 6.45) is 3.47. The van der Waals surface area contributed by atoms with Crippen LogP contribution in [0.15, 0.2) is 36.4 Å². The van der Waals surface area contributed by atoms with Gasteiger partial charge in [0.1, 0.15) is 5.75 Å². The summed E-state index contributed by atoms with van der Waals surface area (Å²) in [4.78, 5) is 12.6. The Labute approximate surface area is 162 Å². The van der Waals surface area contributed by atoms with Gasteiger partial charge in [0.15, 0.2) is 23.1 Å². The van der Waals surface area contributed by atoms with Gasteiger partial charge in [0, 0.05) is 0 Å². The summed E-state index contributed by atoms with van der Waals surface area (Å²) in [7, 11) is 4.65. The van der Waals surface area contributed by atoms with Crippen molar-refractivity contribution >= 4 is 18.1 Å². The molecule has 0 radical (unpaired) electrons. The summed E-state index contributed by atoms with van der Waals surface area (Å²) in [5.74, 6) is 2.33. The van der Waals surface area contributed by atoms with Gasteiger partial charge in [0.05, 0.1) is 26.9 Å². The maximum Gasteiger partial charge on any atom is 0.224 e. The lowest BCUT2D eigenvalue weighted by atomic mass is 10.1. The second-order valence-corrected chi connectivity index (χ2v) is 5.68. The van der Waals surface area contributed by atoms with Crippen LogP contribution < -0.4 is 19.9 Å². The van der Waals surface area contributed by atoms with E-state index in [2.05, 4.69) is 15.0 Å². The fourth-order valence-corrected chi connectivity index (χ4v) is 2.64. The van der Waals surface area contributed by atoms with Gasteiger partial charge < -0.3 is 25.1 Å². The van der Waals surface area contributed by atoms with Crippen LogP contribution in [0, 0.1) is 0 Å². The van der Waals surface area contributed by atoms with Gasteiger partial charge in [-0.05, 0) is 35.9 Å². The fraction of sp³-hybridized carbons (Fsp3) is 0.150. The zero-order chi connectivity index (χ0) is 20.1. The second-order valence-electron chi connectivity index (χ2n) is 5.68. The van der Waals surface area contributed by atoms with Gasteiger partial charge in [-0.2, -0.15) is 9.97 Å².